The van der Waals surface area contributed by atoms with Crippen LogP contribution >= 0.6 is 11.8 Å². The maximum Gasteiger partial charge on any atom is 0.166 e. The number of hydrogen-bond acceptors (Lipinski definition) is 4. The van der Waals surface area contributed by atoms with Crippen molar-refractivity contribution in [2.75, 3.05) is 25.4 Å². The Labute approximate surface area is 184 Å². The van der Waals surface area contributed by atoms with E-state index in [2.05, 4.69) is 72.3 Å². The molecule has 1 saturated heterocycles. The van der Waals surface area contributed by atoms with Gasteiger partial charge in [-0.15, -0.1) is 0 Å². The number of ether oxygens (including phenoxy) is 1. The van der Waals surface area contributed by atoms with Gasteiger partial charge in [0.1, 0.15) is 0 Å². The number of benzene rings is 2. The van der Waals surface area contributed by atoms with Crippen molar-refractivity contribution < 1.29 is 4.74 Å². The lowest BCUT2D eigenvalue weighted by molar-refractivity contribution is -0.0680. The molecule has 0 amide bonds. The van der Waals surface area contributed by atoms with Crippen molar-refractivity contribution in [2.24, 2.45) is 0 Å². The molecule has 2 heterocycles. The third-order valence-corrected chi connectivity index (χ3v) is 6.35. The fourth-order valence-corrected chi connectivity index (χ4v) is 4.98. The Hall–Kier alpha value is -2.08. The number of unbranched alkanes of at least 4 members (excludes halogenated alkanes) is 1. The van der Waals surface area contributed by atoms with Gasteiger partial charge in [-0.3, -0.25) is 4.90 Å². The third kappa shape index (κ3) is 5.54. The molecule has 0 aliphatic carbocycles. The quantitative estimate of drug-likeness (QED) is 0.373. The molecule has 2 unspecified atom stereocenters. The van der Waals surface area contributed by atoms with Gasteiger partial charge in [0.15, 0.2) is 5.16 Å². The molecule has 1 fully saturated rings. The van der Waals surface area contributed by atoms with Gasteiger partial charge in [0, 0.05) is 30.0 Å². The van der Waals surface area contributed by atoms with Gasteiger partial charge in [0.2, 0.25) is 0 Å². The molecule has 0 spiro atoms. The van der Waals surface area contributed by atoms with E-state index in [1.165, 1.54) is 18.4 Å². The van der Waals surface area contributed by atoms with E-state index in [1.54, 1.807) is 0 Å². The summed E-state index contributed by atoms with van der Waals surface area (Å²) in [6, 6.07) is 20.9. The van der Waals surface area contributed by atoms with E-state index < -0.39 is 0 Å². The smallest absolute Gasteiger partial charge is 0.166 e. The van der Waals surface area contributed by atoms with E-state index in [-0.39, 0.29) is 0 Å². The van der Waals surface area contributed by atoms with Gasteiger partial charge in [0.05, 0.1) is 23.6 Å². The first-order valence-electron chi connectivity index (χ1n) is 10.9. The molecular weight excluding hydrogens is 390 g/mol. The highest BCUT2D eigenvalue weighted by molar-refractivity contribution is 7.99. The molecule has 158 valence electrons. The van der Waals surface area contributed by atoms with Crippen LogP contribution in [0.25, 0.3) is 22.5 Å². The van der Waals surface area contributed by atoms with Crippen LogP contribution in [0.5, 0.6) is 0 Å². The van der Waals surface area contributed by atoms with Crippen LogP contribution in [0.1, 0.15) is 26.7 Å². The SMILES string of the molecule is CC1CN(CCCCSc2nc(-c3ccccc3)c(-c3ccccc3)[nH]2)CC(C)O1. The first-order valence-corrected chi connectivity index (χ1v) is 11.9. The van der Waals surface area contributed by atoms with Gasteiger partial charge in [-0.2, -0.15) is 0 Å². The first-order chi connectivity index (χ1) is 14.7. The number of thioether (sulfide) groups is 1. The number of nitrogens with one attached hydrogen (secondary N) is 1. The third-order valence-electron chi connectivity index (χ3n) is 5.39. The first kappa shape index (κ1) is 21.2. The largest absolute Gasteiger partial charge is 0.373 e. The molecule has 1 aliphatic rings. The van der Waals surface area contributed by atoms with Gasteiger partial charge >= 0.3 is 0 Å². The second kappa shape index (κ2) is 10.3. The normalized spacial score (nSPS) is 19.8. The lowest BCUT2D eigenvalue weighted by atomic mass is 10.1. The summed E-state index contributed by atoms with van der Waals surface area (Å²) in [5.74, 6) is 1.07. The fraction of sp³-hybridized carbons (Fsp3) is 0.400. The van der Waals surface area contributed by atoms with Gasteiger partial charge in [-0.1, -0.05) is 72.4 Å². The summed E-state index contributed by atoms with van der Waals surface area (Å²) >= 11 is 1.82. The molecular formula is C25H31N3OS. The number of H-pyrrole nitrogens is 1. The highest BCUT2D eigenvalue weighted by atomic mass is 32.2. The number of morpholine rings is 1. The van der Waals surface area contributed by atoms with Crippen LogP contribution in [-0.2, 0) is 4.74 Å². The molecule has 1 aromatic heterocycles. The summed E-state index contributed by atoms with van der Waals surface area (Å²) in [4.78, 5) is 11.1. The lowest BCUT2D eigenvalue weighted by Crippen LogP contribution is -2.45. The van der Waals surface area contributed by atoms with E-state index >= 15 is 0 Å². The van der Waals surface area contributed by atoms with Crippen LogP contribution < -0.4 is 0 Å². The topological polar surface area (TPSA) is 41.2 Å². The summed E-state index contributed by atoms with van der Waals surface area (Å²) in [6.45, 7) is 7.60. The summed E-state index contributed by atoms with van der Waals surface area (Å²) in [7, 11) is 0. The highest BCUT2D eigenvalue weighted by Crippen LogP contribution is 2.32. The van der Waals surface area contributed by atoms with Crippen LogP contribution in [0.3, 0.4) is 0 Å². The van der Waals surface area contributed by atoms with Crippen molar-refractivity contribution in [2.45, 2.75) is 44.1 Å². The Balaban J connectivity index is 1.36. The number of aromatic amines is 1. The number of imidazole rings is 1. The molecule has 4 rings (SSSR count). The van der Waals surface area contributed by atoms with E-state index in [9.17, 15) is 0 Å². The van der Waals surface area contributed by atoms with Gasteiger partial charge in [0.25, 0.3) is 0 Å². The number of hydrogen-bond donors (Lipinski definition) is 1. The maximum absolute atomic E-state index is 5.83. The van der Waals surface area contributed by atoms with Crippen molar-refractivity contribution >= 4 is 11.8 Å². The van der Waals surface area contributed by atoms with Crippen molar-refractivity contribution in [3.63, 3.8) is 0 Å². The second-order valence-corrected chi connectivity index (χ2v) is 9.15. The van der Waals surface area contributed by atoms with Gasteiger partial charge in [-0.05, 0) is 33.2 Å². The molecule has 2 aromatic carbocycles. The minimum Gasteiger partial charge on any atom is -0.373 e. The Morgan fingerprint density at radius 1 is 0.933 bits per heavy atom. The predicted molar refractivity (Wildman–Crippen MR) is 126 cm³/mol. The van der Waals surface area contributed by atoms with Crippen LogP contribution in [0, 0.1) is 0 Å². The standard InChI is InChI=1S/C25H31N3OS/c1-19-17-28(18-20(2)29-19)15-9-10-16-30-25-26-23(21-11-5-3-6-12-21)24(27-25)22-13-7-4-8-14-22/h3-8,11-14,19-20H,9-10,15-18H2,1-2H3,(H,26,27). The zero-order chi connectivity index (χ0) is 20.8. The Bertz CT molecular complexity index is 846. The van der Waals surface area contributed by atoms with E-state index in [0.717, 1.165) is 47.5 Å². The zero-order valence-corrected chi connectivity index (χ0v) is 18.7. The van der Waals surface area contributed by atoms with Crippen LogP contribution in [-0.4, -0.2) is 52.5 Å². The highest BCUT2D eigenvalue weighted by Gasteiger charge is 2.21. The molecule has 1 N–H and O–H groups in total. The van der Waals surface area contributed by atoms with Crippen molar-refractivity contribution in [3.05, 3.63) is 60.7 Å². The minimum absolute atomic E-state index is 0.346. The van der Waals surface area contributed by atoms with Crippen molar-refractivity contribution in [3.8, 4) is 22.5 Å². The maximum atomic E-state index is 5.83. The summed E-state index contributed by atoms with van der Waals surface area (Å²) in [5, 5.41) is 1.00. The molecule has 4 nitrogen and oxygen atoms in total. The van der Waals surface area contributed by atoms with Crippen LogP contribution in [0.2, 0.25) is 0 Å². The summed E-state index contributed by atoms with van der Waals surface area (Å²) < 4.78 is 5.83. The lowest BCUT2D eigenvalue weighted by Gasteiger charge is -2.35. The second-order valence-electron chi connectivity index (χ2n) is 8.07. The Kier molecular flexibility index (Phi) is 7.26. The summed E-state index contributed by atoms with van der Waals surface area (Å²) in [5.41, 5.74) is 4.45. The number of aromatic nitrogens is 2. The molecule has 0 radical (unpaired) electrons. The van der Waals surface area contributed by atoms with Crippen LogP contribution in [0.4, 0.5) is 0 Å². The minimum atomic E-state index is 0.346. The molecule has 30 heavy (non-hydrogen) atoms. The molecule has 0 bridgehead atoms. The number of rotatable bonds is 8. The molecule has 2 atom stereocenters. The van der Waals surface area contributed by atoms with E-state index in [0.29, 0.717) is 12.2 Å². The molecule has 3 aromatic rings. The predicted octanol–water partition coefficient (Wildman–Crippen LogP) is 5.73. The fourth-order valence-electron chi connectivity index (χ4n) is 4.11. The monoisotopic (exact) mass is 421 g/mol. The van der Waals surface area contributed by atoms with E-state index in [4.69, 9.17) is 9.72 Å². The van der Waals surface area contributed by atoms with Crippen molar-refractivity contribution in [1.82, 2.24) is 14.9 Å². The molecule has 0 saturated carbocycles. The average molecular weight is 422 g/mol. The number of nitrogens with zero attached hydrogens (tertiary/aromatic N) is 2. The van der Waals surface area contributed by atoms with Crippen molar-refractivity contribution in [1.29, 1.82) is 0 Å². The van der Waals surface area contributed by atoms with Gasteiger partial charge < -0.3 is 9.72 Å². The zero-order valence-electron chi connectivity index (χ0n) is 17.9. The van der Waals surface area contributed by atoms with E-state index in [1.807, 2.05) is 23.9 Å². The molecule has 1 aliphatic heterocycles. The van der Waals surface area contributed by atoms with Gasteiger partial charge in [-0.25, -0.2) is 4.98 Å². The summed E-state index contributed by atoms with van der Waals surface area (Å²) in [6.07, 6.45) is 3.09. The Morgan fingerprint density at radius 3 is 2.23 bits per heavy atom. The van der Waals surface area contributed by atoms with Crippen LogP contribution in [0.15, 0.2) is 65.8 Å². The average Bonchev–Trinajstić information content (AvgIpc) is 3.18. The Morgan fingerprint density at radius 2 is 1.57 bits per heavy atom. The molecule has 5 heteroatoms.